The fourth-order valence-electron chi connectivity index (χ4n) is 2.37. The van der Waals surface area contributed by atoms with Gasteiger partial charge in [0.1, 0.15) is 0 Å². The molecule has 2 heteroatoms. The van der Waals surface area contributed by atoms with E-state index in [1.807, 2.05) is 35.2 Å². The first-order valence-corrected chi connectivity index (χ1v) is 6.33. The molecule has 0 aromatic heterocycles. The summed E-state index contributed by atoms with van der Waals surface area (Å²) in [6.07, 6.45) is 6.03. The standard InChI is InChI=1S/C16H19NO/c1-4-13-8-6-7-9-16(13)17(12(3)18)15(5-2)14-10-11-14/h4-9,14-15H,1-2,10-11H2,3H3. The third-order valence-electron chi connectivity index (χ3n) is 3.40. The number of benzene rings is 1. The summed E-state index contributed by atoms with van der Waals surface area (Å²) in [7, 11) is 0. The first kappa shape index (κ1) is 12.6. The SMILES string of the molecule is C=Cc1ccccc1N(C(C)=O)C(C=C)C1CC1. The number of anilines is 1. The average molecular weight is 241 g/mol. The summed E-state index contributed by atoms with van der Waals surface area (Å²) in [5.41, 5.74) is 1.91. The van der Waals surface area contributed by atoms with Crippen molar-refractivity contribution in [1.82, 2.24) is 0 Å². The maximum atomic E-state index is 12.0. The zero-order chi connectivity index (χ0) is 13.1. The quantitative estimate of drug-likeness (QED) is 0.721. The highest BCUT2D eigenvalue weighted by Crippen LogP contribution is 2.38. The maximum absolute atomic E-state index is 12.0. The van der Waals surface area contributed by atoms with Gasteiger partial charge in [0, 0.05) is 6.92 Å². The number of nitrogens with zero attached hydrogens (tertiary/aromatic N) is 1. The van der Waals surface area contributed by atoms with Crippen molar-refractivity contribution < 1.29 is 4.79 Å². The second kappa shape index (κ2) is 5.21. The molecule has 1 aliphatic rings. The van der Waals surface area contributed by atoms with Crippen LogP contribution in [-0.4, -0.2) is 11.9 Å². The van der Waals surface area contributed by atoms with Crippen LogP contribution in [0.2, 0.25) is 0 Å². The third-order valence-corrected chi connectivity index (χ3v) is 3.40. The highest BCUT2D eigenvalue weighted by atomic mass is 16.2. The van der Waals surface area contributed by atoms with Crippen LogP contribution in [0.4, 0.5) is 5.69 Å². The van der Waals surface area contributed by atoms with Gasteiger partial charge in [0.2, 0.25) is 5.91 Å². The Morgan fingerprint density at radius 2 is 2.06 bits per heavy atom. The van der Waals surface area contributed by atoms with Gasteiger partial charge in [0.15, 0.2) is 0 Å². The maximum Gasteiger partial charge on any atom is 0.224 e. The molecule has 94 valence electrons. The molecule has 0 saturated heterocycles. The monoisotopic (exact) mass is 241 g/mol. The Hall–Kier alpha value is -1.83. The lowest BCUT2D eigenvalue weighted by molar-refractivity contribution is -0.116. The zero-order valence-corrected chi connectivity index (χ0v) is 10.8. The van der Waals surface area contributed by atoms with Crippen molar-refractivity contribution >= 4 is 17.7 Å². The molecular formula is C16H19NO. The van der Waals surface area contributed by atoms with Gasteiger partial charge in [-0.25, -0.2) is 0 Å². The third kappa shape index (κ3) is 2.37. The minimum absolute atomic E-state index is 0.0566. The van der Waals surface area contributed by atoms with Crippen LogP contribution in [-0.2, 0) is 4.79 Å². The Balaban J connectivity index is 2.43. The lowest BCUT2D eigenvalue weighted by Crippen LogP contribution is -2.39. The van der Waals surface area contributed by atoms with Crippen molar-refractivity contribution in [3.05, 3.63) is 49.1 Å². The summed E-state index contributed by atoms with van der Waals surface area (Å²) >= 11 is 0. The minimum atomic E-state index is 0.0566. The van der Waals surface area contributed by atoms with Gasteiger partial charge in [0.05, 0.1) is 11.7 Å². The fourth-order valence-corrected chi connectivity index (χ4v) is 2.37. The lowest BCUT2D eigenvalue weighted by Gasteiger charge is -2.30. The first-order chi connectivity index (χ1) is 8.69. The Labute approximate surface area is 109 Å². The van der Waals surface area contributed by atoms with Gasteiger partial charge in [-0.15, -0.1) is 6.58 Å². The normalized spacial score (nSPS) is 15.8. The largest absolute Gasteiger partial charge is 0.305 e. The molecule has 1 aromatic rings. The van der Waals surface area contributed by atoms with Gasteiger partial charge in [-0.1, -0.05) is 36.9 Å². The minimum Gasteiger partial charge on any atom is -0.305 e. The molecule has 18 heavy (non-hydrogen) atoms. The van der Waals surface area contributed by atoms with E-state index in [0.717, 1.165) is 11.3 Å². The van der Waals surface area contributed by atoms with Crippen molar-refractivity contribution in [3.63, 3.8) is 0 Å². The van der Waals surface area contributed by atoms with Gasteiger partial charge in [-0.2, -0.15) is 0 Å². The molecule has 1 amide bonds. The summed E-state index contributed by atoms with van der Waals surface area (Å²) in [6.45, 7) is 9.31. The predicted molar refractivity (Wildman–Crippen MR) is 76.4 cm³/mol. The molecule has 1 fully saturated rings. The van der Waals surface area contributed by atoms with E-state index in [0.29, 0.717) is 5.92 Å². The van der Waals surface area contributed by atoms with Crippen LogP contribution in [0.15, 0.2) is 43.5 Å². The van der Waals surface area contributed by atoms with E-state index in [1.165, 1.54) is 12.8 Å². The van der Waals surface area contributed by atoms with Crippen LogP contribution in [0.3, 0.4) is 0 Å². The number of hydrogen-bond donors (Lipinski definition) is 0. The van der Waals surface area contributed by atoms with E-state index in [1.54, 1.807) is 13.0 Å². The van der Waals surface area contributed by atoms with E-state index in [9.17, 15) is 4.79 Å². The number of hydrogen-bond acceptors (Lipinski definition) is 1. The zero-order valence-electron chi connectivity index (χ0n) is 10.8. The predicted octanol–water partition coefficient (Wildman–Crippen LogP) is 3.65. The summed E-state index contributed by atoms with van der Waals surface area (Å²) < 4.78 is 0. The second-order valence-electron chi connectivity index (χ2n) is 4.72. The van der Waals surface area contributed by atoms with E-state index in [-0.39, 0.29) is 11.9 Å². The molecule has 0 spiro atoms. The van der Waals surface area contributed by atoms with Crippen LogP contribution < -0.4 is 4.90 Å². The Morgan fingerprint density at radius 1 is 1.39 bits per heavy atom. The molecule has 2 nitrogen and oxygen atoms in total. The first-order valence-electron chi connectivity index (χ1n) is 6.33. The fraction of sp³-hybridized carbons (Fsp3) is 0.312. The van der Waals surface area contributed by atoms with Gasteiger partial charge in [-0.3, -0.25) is 4.79 Å². The van der Waals surface area contributed by atoms with Crippen molar-refractivity contribution in [3.8, 4) is 0 Å². The van der Waals surface area contributed by atoms with Crippen molar-refractivity contribution in [2.24, 2.45) is 5.92 Å². The molecule has 0 aliphatic heterocycles. The molecule has 1 aliphatic carbocycles. The van der Waals surface area contributed by atoms with Crippen LogP contribution in [0.5, 0.6) is 0 Å². The van der Waals surface area contributed by atoms with Gasteiger partial charge in [-0.05, 0) is 30.4 Å². The van der Waals surface area contributed by atoms with E-state index < -0.39 is 0 Å². The number of rotatable bonds is 5. The molecule has 0 heterocycles. The van der Waals surface area contributed by atoms with Crippen LogP contribution in [0, 0.1) is 5.92 Å². The number of para-hydroxylation sites is 1. The molecule has 1 unspecified atom stereocenters. The van der Waals surface area contributed by atoms with E-state index >= 15 is 0 Å². The van der Waals surface area contributed by atoms with Gasteiger partial charge >= 0.3 is 0 Å². The molecule has 0 radical (unpaired) electrons. The van der Waals surface area contributed by atoms with Crippen LogP contribution in [0.25, 0.3) is 6.08 Å². The smallest absolute Gasteiger partial charge is 0.224 e. The van der Waals surface area contributed by atoms with Crippen molar-refractivity contribution in [2.45, 2.75) is 25.8 Å². The summed E-state index contributed by atoms with van der Waals surface area (Å²) in [6, 6.07) is 7.95. The van der Waals surface area contributed by atoms with E-state index in [4.69, 9.17) is 0 Å². The molecule has 0 bridgehead atoms. The molecule has 1 atom stereocenters. The Kier molecular flexibility index (Phi) is 3.66. The Bertz CT molecular complexity index is 474. The lowest BCUT2D eigenvalue weighted by atomic mass is 10.1. The molecule has 1 aromatic carbocycles. The highest BCUT2D eigenvalue weighted by molar-refractivity contribution is 5.94. The molecule has 1 saturated carbocycles. The van der Waals surface area contributed by atoms with Crippen LogP contribution in [0.1, 0.15) is 25.3 Å². The second-order valence-corrected chi connectivity index (χ2v) is 4.72. The average Bonchev–Trinajstić information content (AvgIpc) is 3.19. The Morgan fingerprint density at radius 3 is 2.56 bits per heavy atom. The number of carbonyl (C=O) groups excluding carboxylic acids is 1. The number of amides is 1. The van der Waals surface area contributed by atoms with Gasteiger partial charge in [0.25, 0.3) is 0 Å². The van der Waals surface area contributed by atoms with Crippen LogP contribution >= 0.6 is 0 Å². The van der Waals surface area contributed by atoms with Gasteiger partial charge < -0.3 is 4.90 Å². The number of carbonyl (C=O) groups is 1. The van der Waals surface area contributed by atoms with Crippen molar-refractivity contribution in [2.75, 3.05) is 4.90 Å². The highest BCUT2D eigenvalue weighted by Gasteiger charge is 2.35. The topological polar surface area (TPSA) is 20.3 Å². The summed E-state index contributed by atoms with van der Waals surface area (Å²) in [4.78, 5) is 13.8. The molecule has 2 rings (SSSR count). The molecular weight excluding hydrogens is 222 g/mol. The molecule has 0 N–H and O–H groups in total. The summed E-state index contributed by atoms with van der Waals surface area (Å²) in [5, 5.41) is 0. The summed E-state index contributed by atoms with van der Waals surface area (Å²) in [5.74, 6) is 0.616. The van der Waals surface area contributed by atoms with Crippen molar-refractivity contribution in [1.29, 1.82) is 0 Å². The van der Waals surface area contributed by atoms with E-state index in [2.05, 4.69) is 13.2 Å².